The Kier molecular flexibility index (Phi) is 5.70. The normalized spacial score (nSPS) is 18.2. The van der Waals surface area contributed by atoms with Gasteiger partial charge in [0, 0.05) is 6.54 Å². The highest BCUT2D eigenvalue weighted by Gasteiger charge is 2.10. The maximum Gasteiger partial charge on any atom is 0.00217 e. The molecule has 1 aliphatic heterocycles. The zero-order valence-electron chi connectivity index (χ0n) is 10.6. The predicted molar refractivity (Wildman–Crippen MR) is 68.1 cm³/mol. The summed E-state index contributed by atoms with van der Waals surface area (Å²) in [6.45, 7) is 10.4. The highest BCUT2D eigenvalue weighted by Crippen LogP contribution is 2.13. The van der Waals surface area contributed by atoms with Gasteiger partial charge in [-0.15, -0.1) is 0 Å². The third-order valence-electron chi connectivity index (χ3n) is 2.86. The van der Waals surface area contributed by atoms with E-state index in [4.69, 9.17) is 0 Å². The van der Waals surface area contributed by atoms with Gasteiger partial charge in [-0.05, 0) is 52.6 Å². The summed E-state index contributed by atoms with van der Waals surface area (Å²) in [4.78, 5) is 2.59. The second kappa shape index (κ2) is 6.84. The minimum atomic E-state index is 1.15. The third kappa shape index (κ3) is 5.17. The van der Waals surface area contributed by atoms with Crippen molar-refractivity contribution < 1.29 is 0 Å². The van der Waals surface area contributed by atoms with E-state index in [-0.39, 0.29) is 0 Å². The molecule has 0 aromatic heterocycles. The average Bonchev–Trinajstić information content (AvgIpc) is 2.66. The molecule has 0 N–H and O–H groups in total. The molecule has 0 aliphatic carbocycles. The first-order chi connectivity index (χ1) is 7.22. The van der Waals surface area contributed by atoms with Crippen LogP contribution in [-0.2, 0) is 0 Å². The first-order valence-electron chi connectivity index (χ1n) is 6.28. The quantitative estimate of drug-likeness (QED) is 0.620. The van der Waals surface area contributed by atoms with E-state index >= 15 is 0 Å². The SMILES string of the molecule is CCC=C(C=C(C)C)CCN1CCCC1. The Hall–Kier alpha value is -0.560. The van der Waals surface area contributed by atoms with Gasteiger partial charge in [0.15, 0.2) is 0 Å². The average molecular weight is 207 g/mol. The maximum atomic E-state index is 2.59. The molecule has 0 amide bonds. The van der Waals surface area contributed by atoms with Crippen molar-refractivity contribution in [2.45, 2.75) is 46.5 Å². The molecule has 1 saturated heterocycles. The van der Waals surface area contributed by atoms with Crippen LogP contribution in [0.4, 0.5) is 0 Å². The van der Waals surface area contributed by atoms with Gasteiger partial charge in [-0.25, -0.2) is 0 Å². The van der Waals surface area contributed by atoms with Gasteiger partial charge in [-0.1, -0.05) is 30.2 Å². The molecular weight excluding hydrogens is 182 g/mol. The molecule has 15 heavy (non-hydrogen) atoms. The van der Waals surface area contributed by atoms with E-state index in [2.05, 4.69) is 37.8 Å². The molecule has 0 aromatic rings. The molecule has 0 atom stereocenters. The number of allylic oxidation sites excluding steroid dienone is 3. The van der Waals surface area contributed by atoms with Crippen LogP contribution in [-0.4, -0.2) is 24.5 Å². The molecule has 1 rings (SSSR count). The minimum absolute atomic E-state index is 1.15. The van der Waals surface area contributed by atoms with Gasteiger partial charge in [0.05, 0.1) is 0 Å². The van der Waals surface area contributed by atoms with Crippen molar-refractivity contribution in [3.8, 4) is 0 Å². The van der Waals surface area contributed by atoms with Gasteiger partial charge in [0.2, 0.25) is 0 Å². The predicted octanol–water partition coefficient (Wildman–Crippen LogP) is 3.77. The summed E-state index contributed by atoms with van der Waals surface area (Å²) in [6.07, 6.45) is 9.87. The molecular formula is C14H25N. The molecule has 0 radical (unpaired) electrons. The fraction of sp³-hybridized carbons (Fsp3) is 0.714. The number of hydrogen-bond donors (Lipinski definition) is 0. The van der Waals surface area contributed by atoms with Crippen LogP contribution in [0.2, 0.25) is 0 Å². The van der Waals surface area contributed by atoms with Crippen molar-refractivity contribution in [1.82, 2.24) is 4.90 Å². The topological polar surface area (TPSA) is 3.24 Å². The van der Waals surface area contributed by atoms with Crippen LogP contribution in [0.25, 0.3) is 0 Å². The van der Waals surface area contributed by atoms with Crippen molar-refractivity contribution in [3.05, 3.63) is 23.3 Å². The maximum absolute atomic E-state index is 2.59. The van der Waals surface area contributed by atoms with Gasteiger partial charge < -0.3 is 4.90 Å². The highest BCUT2D eigenvalue weighted by atomic mass is 15.1. The monoisotopic (exact) mass is 207 g/mol. The lowest BCUT2D eigenvalue weighted by molar-refractivity contribution is 0.344. The first-order valence-corrected chi connectivity index (χ1v) is 6.28. The van der Waals surface area contributed by atoms with Crippen molar-refractivity contribution in [2.75, 3.05) is 19.6 Å². The smallest absolute Gasteiger partial charge is 0.00217 e. The second-order valence-corrected chi connectivity index (χ2v) is 4.71. The van der Waals surface area contributed by atoms with Gasteiger partial charge in [0.1, 0.15) is 0 Å². The third-order valence-corrected chi connectivity index (χ3v) is 2.86. The summed E-state index contributed by atoms with van der Waals surface area (Å²) in [7, 11) is 0. The Morgan fingerprint density at radius 1 is 1.20 bits per heavy atom. The number of rotatable bonds is 5. The molecule has 0 unspecified atom stereocenters. The molecule has 0 spiro atoms. The zero-order valence-corrected chi connectivity index (χ0v) is 10.6. The van der Waals surface area contributed by atoms with Gasteiger partial charge in [0.25, 0.3) is 0 Å². The Balaban J connectivity index is 2.37. The zero-order chi connectivity index (χ0) is 11.1. The first kappa shape index (κ1) is 12.5. The van der Waals surface area contributed by atoms with E-state index in [1.807, 2.05) is 0 Å². The van der Waals surface area contributed by atoms with E-state index in [0.29, 0.717) is 0 Å². The highest BCUT2D eigenvalue weighted by molar-refractivity contribution is 5.21. The molecule has 1 heterocycles. The molecule has 1 nitrogen and oxygen atoms in total. The molecule has 0 aromatic carbocycles. The van der Waals surface area contributed by atoms with Crippen LogP contribution < -0.4 is 0 Å². The van der Waals surface area contributed by atoms with Crippen molar-refractivity contribution in [3.63, 3.8) is 0 Å². The Bertz CT molecular complexity index is 228. The van der Waals surface area contributed by atoms with Gasteiger partial charge in [-0.3, -0.25) is 0 Å². The molecule has 0 saturated carbocycles. The molecule has 1 heteroatoms. The summed E-state index contributed by atoms with van der Waals surface area (Å²) in [5.74, 6) is 0. The summed E-state index contributed by atoms with van der Waals surface area (Å²) in [5, 5.41) is 0. The number of nitrogens with zero attached hydrogens (tertiary/aromatic N) is 1. The second-order valence-electron chi connectivity index (χ2n) is 4.71. The number of hydrogen-bond acceptors (Lipinski definition) is 1. The van der Waals surface area contributed by atoms with Crippen LogP contribution in [0.5, 0.6) is 0 Å². The van der Waals surface area contributed by atoms with E-state index < -0.39 is 0 Å². The number of likely N-dealkylation sites (tertiary alicyclic amines) is 1. The van der Waals surface area contributed by atoms with Crippen molar-refractivity contribution in [1.29, 1.82) is 0 Å². The molecule has 1 fully saturated rings. The van der Waals surface area contributed by atoms with Crippen LogP contribution in [0.1, 0.15) is 46.5 Å². The molecule has 86 valence electrons. The van der Waals surface area contributed by atoms with Gasteiger partial charge in [-0.2, -0.15) is 0 Å². The Morgan fingerprint density at radius 3 is 2.40 bits per heavy atom. The van der Waals surface area contributed by atoms with Crippen LogP contribution >= 0.6 is 0 Å². The van der Waals surface area contributed by atoms with E-state index in [1.165, 1.54) is 50.0 Å². The Morgan fingerprint density at radius 2 is 1.87 bits per heavy atom. The van der Waals surface area contributed by atoms with Crippen LogP contribution in [0, 0.1) is 0 Å². The van der Waals surface area contributed by atoms with E-state index in [0.717, 1.165) is 6.42 Å². The van der Waals surface area contributed by atoms with Crippen LogP contribution in [0.3, 0.4) is 0 Å². The van der Waals surface area contributed by atoms with Crippen LogP contribution in [0.15, 0.2) is 23.3 Å². The molecule has 0 bridgehead atoms. The lowest BCUT2D eigenvalue weighted by Gasteiger charge is -2.14. The van der Waals surface area contributed by atoms with Crippen molar-refractivity contribution in [2.24, 2.45) is 0 Å². The van der Waals surface area contributed by atoms with Crippen molar-refractivity contribution >= 4 is 0 Å². The molecule has 1 aliphatic rings. The fourth-order valence-corrected chi connectivity index (χ4v) is 2.16. The van der Waals surface area contributed by atoms with E-state index in [1.54, 1.807) is 0 Å². The summed E-state index contributed by atoms with van der Waals surface area (Å²) in [6, 6.07) is 0. The largest absolute Gasteiger partial charge is 0.303 e. The Labute approximate surface area is 94.9 Å². The van der Waals surface area contributed by atoms with E-state index in [9.17, 15) is 0 Å². The van der Waals surface area contributed by atoms with Gasteiger partial charge >= 0.3 is 0 Å². The standard InChI is InChI=1S/C14H25N/c1-4-7-14(12-13(2)3)8-11-15-9-5-6-10-15/h7,12H,4-6,8-11H2,1-3H3. The fourth-order valence-electron chi connectivity index (χ4n) is 2.16. The summed E-state index contributed by atoms with van der Waals surface area (Å²) >= 11 is 0. The summed E-state index contributed by atoms with van der Waals surface area (Å²) in [5.41, 5.74) is 2.93. The summed E-state index contributed by atoms with van der Waals surface area (Å²) < 4.78 is 0. The minimum Gasteiger partial charge on any atom is -0.303 e. The lowest BCUT2D eigenvalue weighted by Crippen LogP contribution is -2.20. The lowest BCUT2D eigenvalue weighted by atomic mass is 10.1.